The van der Waals surface area contributed by atoms with E-state index in [1.807, 2.05) is 13.0 Å². The Labute approximate surface area is 81.6 Å². The molecule has 0 saturated heterocycles. The molecule has 1 unspecified atom stereocenters. The number of rotatable bonds is 4. The zero-order valence-corrected chi connectivity index (χ0v) is 8.27. The monoisotopic (exact) mass is 199 g/mol. The SMILES string of the molecule is C=CC(C)CN(N)c1nc(=S)[nH][nH]1. The third-order valence-electron chi connectivity index (χ3n) is 1.65. The van der Waals surface area contributed by atoms with E-state index in [4.69, 9.17) is 18.1 Å². The van der Waals surface area contributed by atoms with E-state index in [0.29, 0.717) is 23.2 Å². The molecular weight excluding hydrogens is 186 g/mol. The molecule has 0 amide bonds. The number of nitrogens with one attached hydrogen (secondary N) is 2. The maximum absolute atomic E-state index is 5.71. The van der Waals surface area contributed by atoms with Crippen LogP contribution in [0.1, 0.15) is 6.92 Å². The summed E-state index contributed by atoms with van der Waals surface area (Å²) in [5, 5.41) is 6.93. The van der Waals surface area contributed by atoms with Crippen LogP contribution in [0, 0.1) is 10.7 Å². The number of H-pyrrole nitrogens is 2. The van der Waals surface area contributed by atoms with E-state index in [1.54, 1.807) is 0 Å². The van der Waals surface area contributed by atoms with Gasteiger partial charge >= 0.3 is 0 Å². The van der Waals surface area contributed by atoms with Gasteiger partial charge in [0.1, 0.15) is 0 Å². The number of anilines is 1. The summed E-state index contributed by atoms with van der Waals surface area (Å²) in [6.07, 6.45) is 1.83. The molecular formula is C7H13N5S. The Balaban J connectivity index is 2.63. The van der Waals surface area contributed by atoms with Gasteiger partial charge in [0, 0.05) is 6.54 Å². The number of aromatic nitrogens is 3. The fraction of sp³-hybridized carbons (Fsp3) is 0.429. The first-order valence-electron chi connectivity index (χ1n) is 3.93. The fourth-order valence-electron chi connectivity index (χ4n) is 0.869. The van der Waals surface area contributed by atoms with E-state index < -0.39 is 0 Å². The number of hydrazine groups is 1. The van der Waals surface area contributed by atoms with Crippen molar-refractivity contribution in [1.29, 1.82) is 0 Å². The highest BCUT2D eigenvalue weighted by atomic mass is 32.1. The van der Waals surface area contributed by atoms with Gasteiger partial charge in [0.25, 0.3) is 0 Å². The van der Waals surface area contributed by atoms with Crippen LogP contribution in [0.4, 0.5) is 5.95 Å². The van der Waals surface area contributed by atoms with Crippen LogP contribution in [-0.4, -0.2) is 21.7 Å². The summed E-state index contributed by atoms with van der Waals surface area (Å²) < 4.78 is 0.400. The molecule has 1 rings (SSSR count). The van der Waals surface area contributed by atoms with Gasteiger partial charge in [0.2, 0.25) is 10.7 Å². The zero-order valence-electron chi connectivity index (χ0n) is 7.45. The lowest BCUT2D eigenvalue weighted by Gasteiger charge is -2.17. The van der Waals surface area contributed by atoms with Crippen molar-refractivity contribution in [2.24, 2.45) is 11.8 Å². The molecule has 72 valence electrons. The Morgan fingerprint density at radius 1 is 1.77 bits per heavy atom. The van der Waals surface area contributed by atoms with Gasteiger partial charge in [-0.25, -0.2) is 5.84 Å². The fourth-order valence-corrected chi connectivity index (χ4v) is 1.01. The third-order valence-corrected chi connectivity index (χ3v) is 1.84. The van der Waals surface area contributed by atoms with Gasteiger partial charge < -0.3 is 0 Å². The van der Waals surface area contributed by atoms with Crippen molar-refractivity contribution in [2.45, 2.75) is 6.92 Å². The molecule has 1 aromatic heterocycles. The van der Waals surface area contributed by atoms with E-state index in [9.17, 15) is 0 Å². The summed E-state index contributed by atoms with van der Waals surface area (Å²) in [5.41, 5.74) is 0. The van der Waals surface area contributed by atoms with Gasteiger partial charge in [-0.05, 0) is 18.1 Å². The molecule has 0 aliphatic rings. The number of aromatic amines is 2. The molecule has 1 heterocycles. The van der Waals surface area contributed by atoms with Gasteiger partial charge in [-0.2, -0.15) is 4.98 Å². The van der Waals surface area contributed by atoms with Crippen LogP contribution < -0.4 is 10.9 Å². The van der Waals surface area contributed by atoms with E-state index in [0.717, 1.165) is 0 Å². The Bertz CT molecular complexity index is 328. The number of nitrogens with zero attached hydrogens (tertiary/aromatic N) is 2. The minimum atomic E-state index is 0.309. The van der Waals surface area contributed by atoms with Crippen molar-refractivity contribution in [3.8, 4) is 0 Å². The Kier molecular flexibility index (Phi) is 3.21. The molecule has 0 saturated carbocycles. The average molecular weight is 199 g/mol. The minimum Gasteiger partial charge on any atom is -0.279 e. The Hall–Kier alpha value is -1.14. The van der Waals surface area contributed by atoms with Gasteiger partial charge in [0.15, 0.2) is 0 Å². The molecule has 13 heavy (non-hydrogen) atoms. The summed E-state index contributed by atoms with van der Waals surface area (Å²) in [5.74, 6) is 6.56. The van der Waals surface area contributed by atoms with Gasteiger partial charge in [-0.3, -0.25) is 15.2 Å². The second-order valence-corrected chi connectivity index (χ2v) is 3.24. The summed E-state index contributed by atoms with van der Waals surface area (Å²) in [4.78, 5) is 3.97. The topological polar surface area (TPSA) is 73.7 Å². The van der Waals surface area contributed by atoms with Gasteiger partial charge in [0.05, 0.1) is 0 Å². The molecule has 0 spiro atoms. The normalized spacial score (nSPS) is 12.5. The summed E-state index contributed by atoms with van der Waals surface area (Å²) in [6.45, 7) is 6.35. The first-order valence-corrected chi connectivity index (χ1v) is 4.33. The molecule has 6 heteroatoms. The number of hydrogen-bond acceptors (Lipinski definition) is 4. The molecule has 0 aliphatic carbocycles. The first kappa shape index (κ1) is 9.94. The maximum Gasteiger partial charge on any atom is 0.234 e. The van der Waals surface area contributed by atoms with Crippen LogP contribution in [-0.2, 0) is 0 Å². The molecule has 1 aromatic rings. The van der Waals surface area contributed by atoms with Crippen molar-refractivity contribution in [2.75, 3.05) is 11.6 Å². The van der Waals surface area contributed by atoms with Crippen LogP contribution in [0.2, 0.25) is 0 Å². The highest BCUT2D eigenvalue weighted by Gasteiger charge is 2.06. The van der Waals surface area contributed by atoms with Crippen molar-refractivity contribution >= 4 is 18.2 Å². The minimum absolute atomic E-state index is 0.309. The molecule has 1 atom stereocenters. The lowest BCUT2D eigenvalue weighted by molar-refractivity contribution is 0.667. The van der Waals surface area contributed by atoms with Crippen molar-refractivity contribution in [1.82, 2.24) is 15.2 Å². The van der Waals surface area contributed by atoms with Crippen LogP contribution in [0.25, 0.3) is 0 Å². The summed E-state index contributed by atoms with van der Waals surface area (Å²) >= 11 is 4.79. The van der Waals surface area contributed by atoms with E-state index in [2.05, 4.69) is 21.8 Å². The molecule has 5 nitrogen and oxygen atoms in total. The molecule has 0 bridgehead atoms. The molecule has 0 radical (unpaired) electrons. The smallest absolute Gasteiger partial charge is 0.234 e. The highest BCUT2D eigenvalue weighted by Crippen LogP contribution is 2.04. The predicted octanol–water partition coefficient (Wildman–Crippen LogP) is 0.969. The number of hydrogen-bond donors (Lipinski definition) is 3. The van der Waals surface area contributed by atoms with Crippen LogP contribution >= 0.6 is 12.2 Å². The summed E-state index contributed by atoms with van der Waals surface area (Å²) in [6, 6.07) is 0. The molecule has 4 N–H and O–H groups in total. The summed E-state index contributed by atoms with van der Waals surface area (Å²) in [7, 11) is 0. The lowest BCUT2D eigenvalue weighted by atomic mass is 10.2. The van der Waals surface area contributed by atoms with Gasteiger partial charge in [-0.15, -0.1) is 6.58 Å². The molecule has 0 aromatic carbocycles. The zero-order chi connectivity index (χ0) is 9.84. The van der Waals surface area contributed by atoms with E-state index in [-0.39, 0.29) is 0 Å². The quantitative estimate of drug-likeness (QED) is 0.292. The van der Waals surface area contributed by atoms with Crippen molar-refractivity contribution in [3.05, 3.63) is 17.4 Å². The van der Waals surface area contributed by atoms with E-state index >= 15 is 0 Å². The second kappa shape index (κ2) is 4.20. The van der Waals surface area contributed by atoms with Crippen molar-refractivity contribution < 1.29 is 0 Å². The van der Waals surface area contributed by atoms with E-state index in [1.165, 1.54) is 5.01 Å². The predicted molar refractivity (Wildman–Crippen MR) is 54.7 cm³/mol. The third kappa shape index (κ3) is 2.67. The van der Waals surface area contributed by atoms with Gasteiger partial charge in [-0.1, -0.05) is 13.0 Å². The largest absolute Gasteiger partial charge is 0.279 e. The Morgan fingerprint density at radius 3 is 2.92 bits per heavy atom. The molecule has 0 aliphatic heterocycles. The van der Waals surface area contributed by atoms with Crippen LogP contribution in [0.3, 0.4) is 0 Å². The van der Waals surface area contributed by atoms with Crippen LogP contribution in [0.15, 0.2) is 12.7 Å². The average Bonchev–Trinajstić information content (AvgIpc) is 2.51. The maximum atomic E-state index is 5.71. The Morgan fingerprint density at radius 2 is 2.46 bits per heavy atom. The van der Waals surface area contributed by atoms with Crippen molar-refractivity contribution in [3.63, 3.8) is 0 Å². The standard InChI is InChI=1S/C7H13N5S/c1-3-5(2)4-12(8)6-9-7(13)11-10-6/h3,5H,1,4,8H2,2H3,(H2,9,10,11,13). The second-order valence-electron chi connectivity index (χ2n) is 2.86. The first-order chi connectivity index (χ1) is 6.13. The lowest BCUT2D eigenvalue weighted by Crippen LogP contribution is -2.35. The number of nitrogens with two attached hydrogens (primary N) is 1. The highest BCUT2D eigenvalue weighted by molar-refractivity contribution is 7.71. The van der Waals surface area contributed by atoms with Crippen LogP contribution in [0.5, 0.6) is 0 Å². The molecule has 0 fully saturated rings.